The van der Waals surface area contributed by atoms with E-state index in [0.717, 1.165) is 28.3 Å². The number of rotatable bonds is 9. The van der Waals surface area contributed by atoms with Gasteiger partial charge in [-0.2, -0.15) is 0 Å². The van der Waals surface area contributed by atoms with Crippen molar-refractivity contribution in [1.29, 1.82) is 0 Å². The lowest BCUT2D eigenvalue weighted by molar-refractivity contribution is 1.01. The topological polar surface area (TPSA) is 8.17 Å². The average Bonchev–Trinajstić information content (AvgIpc) is 4.03. The smallest absolute Gasteiger partial charge is 0.0541 e. The van der Waals surface area contributed by atoms with Gasteiger partial charge in [0.1, 0.15) is 0 Å². The Morgan fingerprint density at radius 1 is 0.282 bits per heavy atom. The van der Waals surface area contributed by atoms with Crippen LogP contribution in [0.1, 0.15) is 28.2 Å². The maximum atomic E-state index is 2.48. The van der Waals surface area contributed by atoms with Gasteiger partial charge < -0.3 is 9.47 Å². The van der Waals surface area contributed by atoms with Crippen molar-refractivity contribution in [1.82, 2.24) is 4.57 Å². The van der Waals surface area contributed by atoms with Crippen molar-refractivity contribution in [3.8, 4) is 61.3 Å². The summed E-state index contributed by atoms with van der Waals surface area (Å²) in [4.78, 5) is 2.42. The molecule has 0 N–H and O–H groups in total. The van der Waals surface area contributed by atoms with E-state index >= 15 is 0 Å². The molecule has 1 aliphatic rings. The Kier molecular flexibility index (Phi) is 10.9. The molecule has 0 bridgehead atoms. The van der Waals surface area contributed by atoms with Gasteiger partial charge in [0.2, 0.25) is 0 Å². The van der Waals surface area contributed by atoms with Gasteiger partial charge in [-0.1, -0.05) is 224 Å². The van der Waals surface area contributed by atoms with Crippen LogP contribution in [0.3, 0.4) is 0 Å². The number of nitrogens with zero attached hydrogens (tertiary/aromatic N) is 2. The quantitative estimate of drug-likeness (QED) is 0.131. The molecule has 1 aromatic heterocycles. The molecule has 15 rings (SSSR count). The molecule has 0 atom stereocenters. The highest BCUT2D eigenvalue weighted by Gasteiger charge is 2.32. The van der Waals surface area contributed by atoms with Gasteiger partial charge in [0, 0.05) is 39.4 Å². The largest absolute Gasteiger partial charge is 0.310 e. The second kappa shape index (κ2) is 18.7. The Bertz CT molecular complexity index is 4510. The minimum absolute atomic E-state index is 0.0250. The van der Waals surface area contributed by atoms with Crippen LogP contribution in [0, 0.1) is 6.92 Å². The first-order valence-electron chi connectivity index (χ1n) is 27.1. The summed E-state index contributed by atoms with van der Waals surface area (Å²) >= 11 is 0. The zero-order valence-corrected chi connectivity index (χ0v) is 43.2. The molecule has 0 saturated carbocycles. The fourth-order valence-corrected chi connectivity index (χ4v) is 13.0. The van der Waals surface area contributed by atoms with E-state index in [-0.39, 0.29) is 5.92 Å². The van der Waals surface area contributed by atoms with Gasteiger partial charge >= 0.3 is 0 Å². The van der Waals surface area contributed by atoms with Gasteiger partial charge in [-0.15, -0.1) is 0 Å². The number of hydrogen-bond donors (Lipinski definition) is 0. The van der Waals surface area contributed by atoms with Crippen LogP contribution in [-0.2, 0) is 0 Å². The molecule has 0 aliphatic heterocycles. The normalized spacial score (nSPS) is 12.1. The molecule has 1 aliphatic carbocycles. The molecule has 14 aromatic rings. The highest BCUT2D eigenvalue weighted by atomic mass is 15.1. The maximum Gasteiger partial charge on any atom is 0.0541 e. The van der Waals surface area contributed by atoms with Crippen molar-refractivity contribution < 1.29 is 0 Å². The molecule has 1 heterocycles. The number of aryl methyl sites for hydroxylation is 1. The predicted octanol–water partition coefficient (Wildman–Crippen LogP) is 20.7. The van der Waals surface area contributed by atoms with Crippen molar-refractivity contribution in [2.75, 3.05) is 4.90 Å². The minimum atomic E-state index is 0.0250. The molecule has 13 aromatic carbocycles. The van der Waals surface area contributed by atoms with Crippen molar-refractivity contribution in [2.45, 2.75) is 12.8 Å². The summed E-state index contributed by atoms with van der Waals surface area (Å²) in [5.41, 5.74) is 24.4. The Balaban J connectivity index is 0.882. The van der Waals surface area contributed by atoms with E-state index in [1.807, 2.05) is 0 Å². The lowest BCUT2D eigenvalue weighted by Crippen LogP contribution is -2.11. The van der Waals surface area contributed by atoms with E-state index < -0.39 is 0 Å². The minimum Gasteiger partial charge on any atom is -0.310 e. The molecule has 2 nitrogen and oxygen atoms in total. The summed E-state index contributed by atoms with van der Waals surface area (Å²) in [6.07, 6.45) is 0. The Labute approximate surface area is 455 Å². The maximum absolute atomic E-state index is 2.48. The molecular formula is C76H52N2. The average molecular weight is 993 g/mol. The third-order valence-corrected chi connectivity index (χ3v) is 16.4. The van der Waals surface area contributed by atoms with Crippen LogP contribution in [0.15, 0.2) is 291 Å². The van der Waals surface area contributed by atoms with Crippen LogP contribution in [0.4, 0.5) is 17.1 Å². The fraction of sp³-hybridized carbons (Fsp3) is 0.0263. The van der Waals surface area contributed by atoms with Crippen molar-refractivity contribution in [3.05, 3.63) is 313 Å². The third-order valence-electron chi connectivity index (χ3n) is 16.4. The summed E-state index contributed by atoms with van der Waals surface area (Å²) in [7, 11) is 0. The molecule has 2 heteroatoms. The van der Waals surface area contributed by atoms with Crippen LogP contribution in [0.2, 0.25) is 0 Å². The van der Waals surface area contributed by atoms with Gasteiger partial charge in [-0.05, 0) is 173 Å². The van der Waals surface area contributed by atoms with Crippen LogP contribution >= 0.6 is 0 Å². The lowest BCUT2D eigenvalue weighted by Gasteiger charge is -2.28. The van der Waals surface area contributed by atoms with E-state index in [2.05, 4.69) is 308 Å². The molecule has 0 saturated heterocycles. The van der Waals surface area contributed by atoms with Crippen molar-refractivity contribution >= 4 is 60.4 Å². The summed E-state index contributed by atoms with van der Waals surface area (Å²) in [6, 6.07) is 108. The molecule has 0 spiro atoms. The Hall–Kier alpha value is -10.0. The number of fused-ring (bicyclic) bond motifs is 8. The van der Waals surface area contributed by atoms with Crippen LogP contribution in [0.5, 0.6) is 0 Å². The summed E-state index contributed by atoms with van der Waals surface area (Å²) in [6.45, 7) is 2.28. The summed E-state index contributed by atoms with van der Waals surface area (Å²) < 4.78 is 2.42. The molecule has 78 heavy (non-hydrogen) atoms. The highest BCUT2D eigenvalue weighted by Crippen LogP contribution is 2.52. The predicted molar refractivity (Wildman–Crippen MR) is 330 cm³/mol. The molecular weight excluding hydrogens is 941 g/mol. The second-order valence-electron chi connectivity index (χ2n) is 20.8. The van der Waals surface area contributed by atoms with Gasteiger partial charge in [0.15, 0.2) is 0 Å². The first kappa shape index (κ1) is 45.4. The van der Waals surface area contributed by atoms with E-state index in [1.54, 1.807) is 0 Å². The van der Waals surface area contributed by atoms with Gasteiger partial charge in [-0.25, -0.2) is 0 Å². The number of benzene rings is 13. The van der Waals surface area contributed by atoms with Crippen molar-refractivity contribution in [2.24, 2.45) is 0 Å². The number of para-hydroxylation sites is 3. The molecule has 0 unspecified atom stereocenters. The van der Waals surface area contributed by atoms with E-state index in [1.165, 1.54) is 116 Å². The Morgan fingerprint density at radius 2 is 0.731 bits per heavy atom. The zero-order valence-electron chi connectivity index (χ0n) is 43.2. The number of hydrogen-bond acceptors (Lipinski definition) is 1. The number of aromatic nitrogens is 1. The fourth-order valence-electron chi connectivity index (χ4n) is 13.0. The first-order valence-corrected chi connectivity index (χ1v) is 27.1. The molecule has 366 valence electrons. The van der Waals surface area contributed by atoms with Gasteiger partial charge in [-0.3, -0.25) is 0 Å². The van der Waals surface area contributed by atoms with Crippen LogP contribution < -0.4 is 4.90 Å². The molecule has 0 radical (unpaired) electrons. The van der Waals surface area contributed by atoms with Gasteiger partial charge in [0.25, 0.3) is 0 Å². The summed E-state index contributed by atoms with van der Waals surface area (Å²) in [5.74, 6) is 0.0250. The third kappa shape index (κ3) is 7.40. The highest BCUT2D eigenvalue weighted by molar-refractivity contribution is 6.22. The lowest BCUT2D eigenvalue weighted by atomic mass is 9.83. The first-order chi connectivity index (χ1) is 38.6. The SMILES string of the molecule is Cc1cc(-n2c3ccccc3c3ccccc32)ccc1-c1ccc(N(c2ccccc2)c2ccc(-c3ccc4c(-c5ccccc5)c5ccccc5c(-c5ccccc5)c4c3)cc2)cc1C1c2ccccc2-c2ccccc21. The monoisotopic (exact) mass is 992 g/mol. The van der Waals surface area contributed by atoms with E-state index in [0.29, 0.717) is 0 Å². The molecule has 0 fully saturated rings. The zero-order chi connectivity index (χ0) is 51.7. The van der Waals surface area contributed by atoms with Crippen LogP contribution in [0.25, 0.3) is 105 Å². The standard InChI is InChI=1S/C76H52N2/c1-50-47-57(78-72-35-19-17-29-63(72)64-30-18-20-36-73(64)78)42-45-59(50)62-46-43-58(49-71(62)76-65-31-13-11-27-60(65)61-28-12-14-32-66(61)76)77(55-25-9-4-10-26-55)56-40-37-51(38-41-56)54-39-44-69-70(48-54)75(53-23-7-3-8-24-53)68-34-16-15-33-67(68)74(69)52-21-5-2-6-22-52/h2-49,76H,1H3. The second-order valence-corrected chi connectivity index (χ2v) is 20.8. The van der Waals surface area contributed by atoms with E-state index in [4.69, 9.17) is 0 Å². The van der Waals surface area contributed by atoms with Crippen molar-refractivity contribution in [3.63, 3.8) is 0 Å². The Morgan fingerprint density at radius 3 is 1.33 bits per heavy atom. The van der Waals surface area contributed by atoms with Crippen LogP contribution in [-0.4, -0.2) is 4.57 Å². The molecule has 0 amide bonds. The summed E-state index contributed by atoms with van der Waals surface area (Å²) in [5, 5.41) is 7.53. The van der Waals surface area contributed by atoms with E-state index in [9.17, 15) is 0 Å². The van der Waals surface area contributed by atoms with Gasteiger partial charge in [0.05, 0.1) is 11.0 Å². The number of anilines is 3.